The summed E-state index contributed by atoms with van der Waals surface area (Å²) in [5.41, 5.74) is 2.05. The van der Waals surface area contributed by atoms with E-state index in [1.807, 2.05) is 23.1 Å². The Labute approximate surface area is 127 Å². The average molecular weight is 340 g/mol. The van der Waals surface area contributed by atoms with Crippen LogP contribution >= 0.6 is 15.9 Å². The van der Waals surface area contributed by atoms with Crippen LogP contribution in [0.4, 0.5) is 4.39 Å². The van der Waals surface area contributed by atoms with Gasteiger partial charge in [0.05, 0.1) is 17.2 Å². The fourth-order valence-electron chi connectivity index (χ4n) is 2.24. The SMILES string of the molecule is CCNC(CC)c1cnn(Cc2cccc(F)c2Br)c1. The van der Waals surface area contributed by atoms with Gasteiger partial charge in [0.15, 0.2) is 0 Å². The first-order valence-electron chi connectivity index (χ1n) is 6.84. The lowest BCUT2D eigenvalue weighted by atomic mass is 10.1. The number of benzene rings is 1. The molecule has 1 N–H and O–H groups in total. The minimum atomic E-state index is -0.242. The van der Waals surface area contributed by atoms with Crippen molar-refractivity contribution in [3.8, 4) is 0 Å². The normalized spacial score (nSPS) is 12.6. The smallest absolute Gasteiger partial charge is 0.137 e. The van der Waals surface area contributed by atoms with E-state index >= 15 is 0 Å². The Morgan fingerprint density at radius 3 is 2.90 bits per heavy atom. The molecular formula is C15H19BrFN3. The number of rotatable bonds is 6. The maximum Gasteiger partial charge on any atom is 0.137 e. The van der Waals surface area contributed by atoms with Crippen LogP contribution in [0.1, 0.15) is 37.4 Å². The molecule has 0 amide bonds. The van der Waals surface area contributed by atoms with Gasteiger partial charge in [-0.1, -0.05) is 26.0 Å². The van der Waals surface area contributed by atoms with Crippen molar-refractivity contribution in [2.24, 2.45) is 0 Å². The van der Waals surface area contributed by atoms with E-state index in [2.05, 4.69) is 40.2 Å². The third-order valence-electron chi connectivity index (χ3n) is 3.28. The van der Waals surface area contributed by atoms with Crippen molar-refractivity contribution in [3.05, 3.63) is 52.0 Å². The molecule has 0 bridgehead atoms. The monoisotopic (exact) mass is 339 g/mol. The molecule has 5 heteroatoms. The van der Waals surface area contributed by atoms with Crippen LogP contribution in [0, 0.1) is 5.82 Å². The molecule has 0 aliphatic carbocycles. The Morgan fingerprint density at radius 2 is 2.20 bits per heavy atom. The second-order valence-corrected chi connectivity index (χ2v) is 5.50. The van der Waals surface area contributed by atoms with Crippen LogP contribution in [-0.4, -0.2) is 16.3 Å². The van der Waals surface area contributed by atoms with Crippen LogP contribution in [0.3, 0.4) is 0 Å². The van der Waals surface area contributed by atoms with Crippen molar-refractivity contribution in [1.82, 2.24) is 15.1 Å². The summed E-state index contributed by atoms with van der Waals surface area (Å²) in [7, 11) is 0. The fraction of sp³-hybridized carbons (Fsp3) is 0.400. The average Bonchev–Trinajstić information content (AvgIpc) is 2.89. The highest BCUT2D eigenvalue weighted by molar-refractivity contribution is 9.10. The number of hydrogen-bond acceptors (Lipinski definition) is 2. The van der Waals surface area contributed by atoms with Gasteiger partial charge in [-0.05, 0) is 40.5 Å². The van der Waals surface area contributed by atoms with Gasteiger partial charge in [0.1, 0.15) is 5.82 Å². The van der Waals surface area contributed by atoms with Crippen molar-refractivity contribution < 1.29 is 4.39 Å². The number of halogens is 2. The van der Waals surface area contributed by atoms with E-state index in [-0.39, 0.29) is 5.82 Å². The van der Waals surface area contributed by atoms with Gasteiger partial charge in [-0.15, -0.1) is 0 Å². The van der Waals surface area contributed by atoms with Crippen molar-refractivity contribution >= 4 is 15.9 Å². The fourth-order valence-corrected chi connectivity index (χ4v) is 2.63. The summed E-state index contributed by atoms with van der Waals surface area (Å²) in [5, 5.41) is 7.79. The molecule has 0 saturated carbocycles. The van der Waals surface area contributed by atoms with E-state index in [0.29, 0.717) is 17.1 Å². The van der Waals surface area contributed by atoms with Gasteiger partial charge in [0, 0.05) is 17.8 Å². The Kier molecular flexibility index (Phi) is 5.31. The lowest BCUT2D eigenvalue weighted by Crippen LogP contribution is -2.19. The van der Waals surface area contributed by atoms with E-state index in [0.717, 1.165) is 18.5 Å². The maximum atomic E-state index is 13.5. The topological polar surface area (TPSA) is 29.9 Å². The van der Waals surface area contributed by atoms with E-state index in [1.165, 1.54) is 11.6 Å². The van der Waals surface area contributed by atoms with Crippen LogP contribution in [0.5, 0.6) is 0 Å². The molecule has 0 saturated heterocycles. The first-order valence-corrected chi connectivity index (χ1v) is 7.63. The zero-order valence-corrected chi connectivity index (χ0v) is 13.3. The van der Waals surface area contributed by atoms with Gasteiger partial charge in [0.25, 0.3) is 0 Å². The molecule has 1 aromatic carbocycles. The van der Waals surface area contributed by atoms with Crippen LogP contribution in [0.15, 0.2) is 35.1 Å². The molecule has 0 fully saturated rings. The number of hydrogen-bond donors (Lipinski definition) is 1. The summed E-state index contributed by atoms with van der Waals surface area (Å²) in [6.45, 7) is 5.73. The molecule has 1 unspecified atom stereocenters. The Hall–Kier alpha value is -1.20. The van der Waals surface area contributed by atoms with Crippen LogP contribution in [0.2, 0.25) is 0 Å². The standard InChI is InChI=1S/C15H19BrFN3/c1-3-14(18-4-2)12-8-19-20(10-12)9-11-6-5-7-13(17)15(11)16/h5-8,10,14,18H,3-4,9H2,1-2H3. The van der Waals surface area contributed by atoms with Crippen LogP contribution in [-0.2, 0) is 6.54 Å². The summed E-state index contributed by atoms with van der Waals surface area (Å²) >= 11 is 3.28. The molecule has 1 atom stereocenters. The molecule has 0 radical (unpaired) electrons. The predicted molar refractivity (Wildman–Crippen MR) is 82.1 cm³/mol. The Bertz CT molecular complexity index is 568. The van der Waals surface area contributed by atoms with E-state index in [4.69, 9.17) is 0 Å². The third kappa shape index (κ3) is 3.46. The first-order chi connectivity index (χ1) is 9.65. The summed E-state index contributed by atoms with van der Waals surface area (Å²) in [5.74, 6) is -0.242. The molecule has 108 valence electrons. The highest BCUT2D eigenvalue weighted by Gasteiger charge is 2.11. The quantitative estimate of drug-likeness (QED) is 0.865. The maximum absolute atomic E-state index is 13.5. The zero-order chi connectivity index (χ0) is 14.5. The zero-order valence-electron chi connectivity index (χ0n) is 11.7. The lowest BCUT2D eigenvalue weighted by Gasteiger charge is -2.13. The predicted octanol–water partition coefficient (Wildman–Crippen LogP) is 3.89. The highest BCUT2D eigenvalue weighted by atomic mass is 79.9. The first kappa shape index (κ1) is 15.2. The molecule has 3 nitrogen and oxygen atoms in total. The molecule has 20 heavy (non-hydrogen) atoms. The molecule has 0 aliphatic rings. The lowest BCUT2D eigenvalue weighted by molar-refractivity contribution is 0.536. The van der Waals surface area contributed by atoms with Gasteiger partial charge >= 0.3 is 0 Å². The summed E-state index contributed by atoms with van der Waals surface area (Å²) in [4.78, 5) is 0. The summed E-state index contributed by atoms with van der Waals surface area (Å²) < 4.78 is 15.8. The summed E-state index contributed by atoms with van der Waals surface area (Å²) in [6, 6.07) is 5.38. The minimum absolute atomic E-state index is 0.242. The minimum Gasteiger partial charge on any atom is -0.310 e. The van der Waals surface area contributed by atoms with Gasteiger partial charge in [0.2, 0.25) is 0 Å². The van der Waals surface area contributed by atoms with Gasteiger partial charge in [-0.25, -0.2) is 4.39 Å². The molecule has 2 rings (SSSR count). The molecular weight excluding hydrogens is 321 g/mol. The van der Waals surface area contributed by atoms with Gasteiger partial charge in [-0.3, -0.25) is 4.68 Å². The summed E-state index contributed by atoms with van der Waals surface area (Å²) in [6.07, 6.45) is 4.92. The largest absolute Gasteiger partial charge is 0.310 e. The van der Waals surface area contributed by atoms with Crippen LogP contribution < -0.4 is 5.32 Å². The number of nitrogens with one attached hydrogen (secondary N) is 1. The second-order valence-electron chi connectivity index (χ2n) is 4.70. The third-order valence-corrected chi connectivity index (χ3v) is 4.17. The van der Waals surface area contributed by atoms with E-state index < -0.39 is 0 Å². The molecule has 1 heterocycles. The van der Waals surface area contributed by atoms with Crippen molar-refractivity contribution in [2.75, 3.05) is 6.54 Å². The molecule has 1 aromatic heterocycles. The molecule has 0 spiro atoms. The van der Waals surface area contributed by atoms with Crippen molar-refractivity contribution in [2.45, 2.75) is 32.9 Å². The number of aromatic nitrogens is 2. The number of nitrogens with zero attached hydrogens (tertiary/aromatic N) is 2. The molecule has 0 aliphatic heterocycles. The Morgan fingerprint density at radius 1 is 1.40 bits per heavy atom. The van der Waals surface area contributed by atoms with Gasteiger partial charge < -0.3 is 5.32 Å². The van der Waals surface area contributed by atoms with Crippen LogP contribution in [0.25, 0.3) is 0 Å². The van der Waals surface area contributed by atoms with E-state index in [9.17, 15) is 4.39 Å². The highest BCUT2D eigenvalue weighted by Crippen LogP contribution is 2.22. The van der Waals surface area contributed by atoms with Crippen molar-refractivity contribution in [3.63, 3.8) is 0 Å². The van der Waals surface area contributed by atoms with E-state index in [1.54, 1.807) is 6.07 Å². The Balaban J connectivity index is 2.15. The van der Waals surface area contributed by atoms with Gasteiger partial charge in [-0.2, -0.15) is 5.10 Å². The molecule has 2 aromatic rings. The second kappa shape index (κ2) is 6.99. The van der Waals surface area contributed by atoms with Crippen molar-refractivity contribution in [1.29, 1.82) is 0 Å².